The topological polar surface area (TPSA) is 67.0 Å². The molecule has 1 aromatic carbocycles. The Kier molecular flexibility index (Phi) is 4.29. The number of rotatable bonds is 4. The van der Waals surface area contributed by atoms with Crippen molar-refractivity contribution in [3.8, 4) is 5.75 Å². The Morgan fingerprint density at radius 3 is 2.75 bits per heavy atom. The van der Waals surface area contributed by atoms with Crippen molar-refractivity contribution in [1.82, 2.24) is 10.2 Å². The number of halogens is 1. The number of hydrogen-bond acceptors (Lipinski definition) is 3. The van der Waals surface area contributed by atoms with Crippen LogP contribution in [-0.2, 0) is 11.2 Å². The standard InChI is InChI=1S/C14H16ClN3O2/c1-8-6-11(20-3)5-4-10(8)7-12(19)16-14-13(15)9(2)17-18-14/h4-6H,7H2,1-3H3,(H2,16,17,18,19). The van der Waals surface area contributed by atoms with Crippen LogP contribution in [-0.4, -0.2) is 23.2 Å². The lowest BCUT2D eigenvalue weighted by Crippen LogP contribution is -2.15. The number of aryl methyl sites for hydroxylation is 2. The number of anilines is 1. The monoisotopic (exact) mass is 293 g/mol. The van der Waals surface area contributed by atoms with E-state index in [0.29, 0.717) is 10.8 Å². The SMILES string of the molecule is COc1ccc(CC(=O)Nc2n[nH]c(C)c2Cl)c(C)c1. The molecule has 0 unspecified atom stereocenters. The van der Waals surface area contributed by atoms with Crippen LogP contribution in [0.1, 0.15) is 16.8 Å². The molecule has 0 atom stereocenters. The fourth-order valence-corrected chi connectivity index (χ4v) is 1.97. The predicted octanol–water partition coefficient (Wildman–Crippen LogP) is 2.87. The molecule has 0 fully saturated rings. The molecule has 0 spiro atoms. The van der Waals surface area contributed by atoms with Crippen LogP contribution in [0, 0.1) is 13.8 Å². The first-order chi connectivity index (χ1) is 9.51. The summed E-state index contributed by atoms with van der Waals surface area (Å²) < 4.78 is 5.14. The average Bonchev–Trinajstić information content (AvgIpc) is 2.73. The zero-order valence-electron chi connectivity index (χ0n) is 11.6. The van der Waals surface area contributed by atoms with Crippen LogP contribution in [0.15, 0.2) is 18.2 Å². The van der Waals surface area contributed by atoms with Gasteiger partial charge < -0.3 is 10.1 Å². The summed E-state index contributed by atoms with van der Waals surface area (Å²) in [5, 5.41) is 9.78. The lowest BCUT2D eigenvalue weighted by atomic mass is 10.1. The van der Waals surface area contributed by atoms with Crippen molar-refractivity contribution in [2.45, 2.75) is 20.3 Å². The molecular weight excluding hydrogens is 278 g/mol. The van der Waals surface area contributed by atoms with E-state index in [1.807, 2.05) is 25.1 Å². The summed E-state index contributed by atoms with van der Waals surface area (Å²) in [5.74, 6) is 0.977. The number of aromatic nitrogens is 2. The molecule has 106 valence electrons. The van der Waals surface area contributed by atoms with E-state index < -0.39 is 0 Å². The number of carbonyl (C=O) groups excluding carboxylic acids is 1. The molecule has 0 bridgehead atoms. The minimum atomic E-state index is -0.160. The number of hydrogen-bond donors (Lipinski definition) is 2. The summed E-state index contributed by atoms with van der Waals surface area (Å²) in [6, 6.07) is 5.61. The molecule has 1 aromatic heterocycles. The largest absolute Gasteiger partial charge is 0.497 e. The Hall–Kier alpha value is -2.01. The molecule has 20 heavy (non-hydrogen) atoms. The van der Waals surface area contributed by atoms with Crippen molar-refractivity contribution >= 4 is 23.3 Å². The first-order valence-electron chi connectivity index (χ1n) is 6.15. The zero-order chi connectivity index (χ0) is 14.7. The van der Waals surface area contributed by atoms with Crippen LogP contribution in [0.25, 0.3) is 0 Å². The fourth-order valence-electron chi connectivity index (χ4n) is 1.84. The number of methoxy groups -OCH3 is 1. The molecule has 2 N–H and O–H groups in total. The summed E-state index contributed by atoms with van der Waals surface area (Å²) in [6.07, 6.45) is 0.262. The number of carbonyl (C=O) groups is 1. The smallest absolute Gasteiger partial charge is 0.230 e. The van der Waals surface area contributed by atoms with Crippen molar-refractivity contribution in [3.05, 3.63) is 40.0 Å². The van der Waals surface area contributed by atoms with Gasteiger partial charge in [0.25, 0.3) is 0 Å². The highest BCUT2D eigenvalue weighted by molar-refractivity contribution is 6.34. The lowest BCUT2D eigenvalue weighted by molar-refractivity contribution is -0.115. The number of H-pyrrole nitrogens is 1. The van der Waals surface area contributed by atoms with Gasteiger partial charge in [0.15, 0.2) is 5.82 Å². The first-order valence-corrected chi connectivity index (χ1v) is 6.53. The summed E-state index contributed by atoms with van der Waals surface area (Å²) in [4.78, 5) is 12.0. The maximum absolute atomic E-state index is 12.0. The number of nitrogens with one attached hydrogen (secondary N) is 2. The third kappa shape index (κ3) is 3.11. The van der Waals surface area contributed by atoms with E-state index in [9.17, 15) is 4.79 Å². The van der Waals surface area contributed by atoms with Crippen molar-refractivity contribution in [1.29, 1.82) is 0 Å². The minimum Gasteiger partial charge on any atom is -0.497 e. The number of amides is 1. The van der Waals surface area contributed by atoms with Gasteiger partial charge in [-0.05, 0) is 37.1 Å². The van der Waals surface area contributed by atoms with Gasteiger partial charge >= 0.3 is 0 Å². The van der Waals surface area contributed by atoms with Crippen LogP contribution in [0.3, 0.4) is 0 Å². The molecule has 1 heterocycles. The Morgan fingerprint density at radius 2 is 2.20 bits per heavy atom. The summed E-state index contributed by atoms with van der Waals surface area (Å²) in [5.41, 5.74) is 2.66. The number of aromatic amines is 1. The zero-order valence-corrected chi connectivity index (χ0v) is 12.3. The highest BCUT2D eigenvalue weighted by atomic mass is 35.5. The van der Waals surface area contributed by atoms with E-state index >= 15 is 0 Å². The highest BCUT2D eigenvalue weighted by Crippen LogP contribution is 2.22. The van der Waals surface area contributed by atoms with Gasteiger partial charge in [-0.2, -0.15) is 5.10 Å². The van der Waals surface area contributed by atoms with Crippen LogP contribution < -0.4 is 10.1 Å². The van der Waals surface area contributed by atoms with Crippen molar-refractivity contribution in [3.63, 3.8) is 0 Å². The van der Waals surface area contributed by atoms with Crippen LogP contribution in [0.5, 0.6) is 5.75 Å². The molecule has 1 amide bonds. The second-order valence-corrected chi connectivity index (χ2v) is 4.91. The van der Waals surface area contributed by atoms with E-state index in [4.69, 9.17) is 16.3 Å². The van der Waals surface area contributed by atoms with Gasteiger partial charge in [-0.25, -0.2) is 0 Å². The number of benzene rings is 1. The third-order valence-electron chi connectivity index (χ3n) is 3.03. The third-order valence-corrected chi connectivity index (χ3v) is 3.49. The van der Waals surface area contributed by atoms with Crippen LogP contribution in [0.4, 0.5) is 5.82 Å². The fraction of sp³-hybridized carbons (Fsp3) is 0.286. The molecule has 0 saturated carbocycles. The van der Waals surface area contributed by atoms with Gasteiger partial charge in [0.2, 0.25) is 5.91 Å². The van der Waals surface area contributed by atoms with Crippen molar-refractivity contribution < 1.29 is 9.53 Å². The van der Waals surface area contributed by atoms with Gasteiger partial charge in [0.1, 0.15) is 10.8 Å². The average molecular weight is 294 g/mol. The molecule has 6 heteroatoms. The Balaban J connectivity index is 2.06. The lowest BCUT2D eigenvalue weighted by Gasteiger charge is -2.08. The van der Waals surface area contributed by atoms with Crippen LogP contribution >= 0.6 is 11.6 Å². The minimum absolute atomic E-state index is 0.160. The van der Waals surface area contributed by atoms with Gasteiger partial charge in [-0.1, -0.05) is 17.7 Å². The molecule has 0 aliphatic rings. The molecule has 0 radical (unpaired) electrons. The molecule has 0 aliphatic heterocycles. The van der Waals surface area contributed by atoms with E-state index in [1.54, 1.807) is 14.0 Å². The molecule has 5 nitrogen and oxygen atoms in total. The molecule has 2 aromatic rings. The van der Waals surface area contributed by atoms with Gasteiger partial charge in [0, 0.05) is 0 Å². The summed E-state index contributed by atoms with van der Waals surface area (Å²) >= 11 is 6.00. The van der Waals surface area contributed by atoms with Gasteiger partial charge in [-0.15, -0.1) is 0 Å². The normalized spacial score (nSPS) is 10.4. The summed E-state index contributed by atoms with van der Waals surface area (Å²) in [7, 11) is 1.61. The number of nitrogens with zero attached hydrogens (tertiary/aromatic N) is 1. The summed E-state index contributed by atoms with van der Waals surface area (Å²) in [6.45, 7) is 3.73. The van der Waals surface area contributed by atoms with Gasteiger partial charge in [-0.3, -0.25) is 9.89 Å². The molecule has 0 aliphatic carbocycles. The van der Waals surface area contributed by atoms with E-state index in [-0.39, 0.29) is 12.3 Å². The van der Waals surface area contributed by atoms with Gasteiger partial charge in [0.05, 0.1) is 19.2 Å². The van der Waals surface area contributed by atoms with Crippen LogP contribution in [0.2, 0.25) is 5.02 Å². The Bertz CT molecular complexity index is 637. The highest BCUT2D eigenvalue weighted by Gasteiger charge is 2.12. The van der Waals surface area contributed by atoms with Crippen molar-refractivity contribution in [2.24, 2.45) is 0 Å². The second-order valence-electron chi connectivity index (χ2n) is 4.53. The van der Waals surface area contributed by atoms with E-state index in [2.05, 4.69) is 15.5 Å². The Labute approximate surface area is 122 Å². The molecule has 0 saturated heterocycles. The maximum atomic E-state index is 12.0. The number of ether oxygens (including phenoxy) is 1. The Morgan fingerprint density at radius 1 is 1.45 bits per heavy atom. The van der Waals surface area contributed by atoms with Crippen molar-refractivity contribution in [2.75, 3.05) is 12.4 Å². The second kappa shape index (κ2) is 5.96. The predicted molar refractivity (Wildman–Crippen MR) is 78.4 cm³/mol. The molecule has 2 rings (SSSR count). The molecular formula is C14H16ClN3O2. The maximum Gasteiger partial charge on any atom is 0.230 e. The first kappa shape index (κ1) is 14.4. The van der Waals surface area contributed by atoms with E-state index in [0.717, 1.165) is 22.6 Å². The quantitative estimate of drug-likeness (QED) is 0.911. The van der Waals surface area contributed by atoms with E-state index in [1.165, 1.54) is 0 Å².